The maximum Gasteiger partial charge on any atom is 0.223 e. The highest BCUT2D eigenvalue weighted by Crippen LogP contribution is 2.23. The molecule has 2 aromatic rings. The van der Waals surface area contributed by atoms with Crippen LogP contribution in [0, 0.1) is 11.7 Å². The molecule has 156 valence electrons. The summed E-state index contributed by atoms with van der Waals surface area (Å²) in [6.07, 6.45) is 2.67. The van der Waals surface area contributed by atoms with Gasteiger partial charge in [-0.05, 0) is 81.2 Å². The molecule has 3 rings (SSSR count). The van der Waals surface area contributed by atoms with Gasteiger partial charge in [-0.15, -0.1) is 0 Å². The Kier molecular flexibility index (Phi) is 7.64. The fourth-order valence-electron chi connectivity index (χ4n) is 3.81. The number of hydrogen-bond donors (Lipinski definition) is 0. The van der Waals surface area contributed by atoms with E-state index in [2.05, 4.69) is 11.9 Å². The summed E-state index contributed by atoms with van der Waals surface area (Å²) in [6.45, 7) is 5.59. The Morgan fingerprint density at radius 1 is 1.10 bits per heavy atom. The average molecular weight is 399 g/mol. The monoisotopic (exact) mass is 398 g/mol. The van der Waals surface area contributed by atoms with Gasteiger partial charge in [-0.2, -0.15) is 0 Å². The largest absolute Gasteiger partial charge is 0.494 e. The minimum Gasteiger partial charge on any atom is -0.494 e. The van der Waals surface area contributed by atoms with Crippen LogP contribution in [0.1, 0.15) is 37.3 Å². The number of rotatable bonds is 8. The second-order valence-corrected chi connectivity index (χ2v) is 7.91. The van der Waals surface area contributed by atoms with Gasteiger partial charge in [0.05, 0.1) is 6.61 Å². The molecule has 2 aromatic carbocycles. The molecule has 0 aliphatic carbocycles. The Hall–Kier alpha value is -2.40. The quantitative estimate of drug-likeness (QED) is 0.657. The first-order valence-corrected chi connectivity index (χ1v) is 10.5. The van der Waals surface area contributed by atoms with E-state index in [-0.39, 0.29) is 11.7 Å². The van der Waals surface area contributed by atoms with E-state index in [1.54, 1.807) is 6.07 Å². The molecule has 0 unspecified atom stereocenters. The number of piperidine rings is 1. The lowest BCUT2D eigenvalue weighted by atomic mass is 9.93. The summed E-state index contributed by atoms with van der Waals surface area (Å²) in [6, 6.07) is 14.4. The zero-order valence-corrected chi connectivity index (χ0v) is 17.4. The van der Waals surface area contributed by atoms with Crippen LogP contribution >= 0.6 is 0 Å². The minimum atomic E-state index is -0.272. The fourth-order valence-corrected chi connectivity index (χ4v) is 3.81. The van der Waals surface area contributed by atoms with E-state index in [0.717, 1.165) is 42.8 Å². The van der Waals surface area contributed by atoms with Crippen LogP contribution in [-0.4, -0.2) is 42.5 Å². The molecule has 1 amide bonds. The summed E-state index contributed by atoms with van der Waals surface area (Å²) in [5.74, 6) is 1.11. The van der Waals surface area contributed by atoms with Crippen molar-refractivity contribution in [3.8, 4) is 5.75 Å². The van der Waals surface area contributed by atoms with Crippen molar-refractivity contribution < 1.29 is 13.9 Å². The van der Waals surface area contributed by atoms with Gasteiger partial charge in [-0.1, -0.05) is 24.3 Å². The van der Waals surface area contributed by atoms with E-state index < -0.39 is 0 Å². The van der Waals surface area contributed by atoms with Gasteiger partial charge in [0.1, 0.15) is 11.6 Å². The number of ether oxygens (including phenoxy) is 1. The van der Waals surface area contributed by atoms with Gasteiger partial charge < -0.3 is 14.5 Å². The SMILES string of the molecule is CCOc1ccc(CN(Cc2cccc(F)c2)C(=O)CC2CCN(C)CC2)cc1. The molecule has 0 bridgehead atoms. The molecule has 0 N–H and O–H groups in total. The number of nitrogens with zero attached hydrogens (tertiary/aromatic N) is 2. The average Bonchev–Trinajstić information content (AvgIpc) is 2.71. The molecule has 4 nitrogen and oxygen atoms in total. The van der Waals surface area contributed by atoms with Gasteiger partial charge in [0.2, 0.25) is 5.91 Å². The third-order valence-corrected chi connectivity index (χ3v) is 5.52. The van der Waals surface area contributed by atoms with Crippen LogP contribution in [0.25, 0.3) is 0 Å². The molecule has 1 fully saturated rings. The van der Waals surface area contributed by atoms with E-state index in [1.807, 2.05) is 42.2 Å². The summed E-state index contributed by atoms with van der Waals surface area (Å²) in [7, 11) is 2.13. The predicted molar refractivity (Wildman–Crippen MR) is 113 cm³/mol. The maximum absolute atomic E-state index is 13.6. The van der Waals surface area contributed by atoms with Gasteiger partial charge in [0.15, 0.2) is 0 Å². The second kappa shape index (κ2) is 10.4. The molecular formula is C24H31FN2O2. The smallest absolute Gasteiger partial charge is 0.223 e. The van der Waals surface area contributed by atoms with Gasteiger partial charge in [-0.3, -0.25) is 4.79 Å². The third-order valence-electron chi connectivity index (χ3n) is 5.52. The fraction of sp³-hybridized carbons (Fsp3) is 0.458. The van der Waals surface area contributed by atoms with Crippen molar-refractivity contribution in [2.24, 2.45) is 5.92 Å². The summed E-state index contributed by atoms with van der Waals surface area (Å²) in [5, 5.41) is 0. The standard InChI is InChI=1S/C24H31FN2O2/c1-3-29-23-9-7-20(8-10-23)17-27(18-21-5-4-6-22(25)15-21)24(28)16-19-11-13-26(2)14-12-19/h4-10,15,19H,3,11-14,16-18H2,1-2H3. The Bertz CT molecular complexity index is 786. The summed E-state index contributed by atoms with van der Waals surface area (Å²) in [4.78, 5) is 17.3. The molecular weight excluding hydrogens is 367 g/mol. The highest BCUT2D eigenvalue weighted by Gasteiger charge is 2.23. The lowest BCUT2D eigenvalue weighted by Gasteiger charge is -2.31. The number of amides is 1. The molecule has 0 spiro atoms. The van der Waals surface area contributed by atoms with E-state index >= 15 is 0 Å². The molecule has 5 heteroatoms. The van der Waals surface area contributed by atoms with E-state index in [4.69, 9.17) is 4.74 Å². The summed E-state index contributed by atoms with van der Waals surface area (Å²) >= 11 is 0. The van der Waals surface area contributed by atoms with Gasteiger partial charge >= 0.3 is 0 Å². The van der Waals surface area contributed by atoms with Crippen molar-refractivity contribution in [1.82, 2.24) is 9.80 Å². The molecule has 1 saturated heterocycles. The normalized spacial score (nSPS) is 15.3. The molecule has 0 atom stereocenters. The number of benzene rings is 2. The highest BCUT2D eigenvalue weighted by atomic mass is 19.1. The van der Waals surface area contributed by atoms with Gasteiger partial charge in [0, 0.05) is 19.5 Å². The molecule has 1 aliphatic heterocycles. The van der Waals surface area contributed by atoms with Crippen LogP contribution in [0.4, 0.5) is 4.39 Å². The second-order valence-electron chi connectivity index (χ2n) is 7.91. The van der Waals surface area contributed by atoms with Crippen LogP contribution in [0.2, 0.25) is 0 Å². The number of carbonyl (C=O) groups excluding carboxylic acids is 1. The molecule has 0 aromatic heterocycles. The molecule has 29 heavy (non-hydrogen) atoms. The number of halogens is 1. The first-order valence-electron chi connectivity index (χ1n) is 10.5. The lowest BCUT2D eigenvalue weighted by molar-refractivity contribution is -0.133. The zero-order chi connectivity index (χ0) is 20.6. The topological polar surface area (TPSA) is 32.8 Å². The Balaban J connectivity index is 1.70. The van der Waals surface area contributed by atoms with Crippen LogP contribution in [0.5, 0.6) is 5.75 Å². The van der Waals surface area contributed by atoms with Crippen molar-refractivity contribution in [2.45, 2.75) is 39.3 Å². The lowest BCUT2D eigenvalue weighted by Crippen LogP contribution is -2.35. The van der Waals surface area contributed by atoms with E-state index in [1.165, 1.54) is 12.1 Å². The number of carbonyl (C=O) groups is 1. The van der Waals surface area contributed by atoms with Crippen molar-refractivity contribution in [2.75, 3.05) is 26.7 Å². The number of likely N-dealkylation sites (tertiary alicyclic amines) is 1. The van der Waals surface area contributed by atoms with Crippen molar-refractivity contribution in [3.05, 3.63) is 65.5 Å². The maximum atomic E-state index is 13.6. The number of hydrogen-bond acceptors (Lipinski definition) is 3. The van der Waals surface area contributed by atoms with Crippen LogP contribution in [0.15, 0.2) is 48.5 Å². The van der Waals surface area contributed by atoms with Crippen molar-refractivity contribution >= 4 is 5.91 Å². The molecule has 1 aliphatic rings. The predicted octanol–water partition coefficient (Wildman–Crippen LogP) is 4.49. The molecule has 1 heterocycles. The first-order chi connectivity index (χ1) is 14.0. The van der Waals surface area contributed by atoms with E-state index in [9.17, 15) is 9.18 Å². The van der Waals surface area contributed by atoms with E-state index in [0.29, 0.717) is 32.0 Å². The van der Waals surface area contributed by atoms with Gasteiger partial charge in [0.25, 0.3) is 0 Å². The molecule has 0 saturated carbocycles. The third kappa shape index (κ3) is 6.57. The first kappa shape index (κ1) is 21.3. The highest BCUT2D eigenvalue weighted by molar-refractivity contribution is 5.76. The van der Waals surface area contributed by atoms with Crippen LogP contribution in [0.3, 0.4) is 0 Å². The Morgan fingerprint density at radius 3 is 2.45 bits per heavy atom. The summed E-state index contributed by atoms with van der Waals surface area (Å²) in [5.41, 5.74) is 1.86. The minimum absolute atomic E-state index is 0.137. The summed E-state index contributed by atoms with van der Waals surface area (Å²) < 4.78 is 19.2. The Morgan fingerprint density at radius 2 is 1.79 bits per heavy atom. The Labute approximate surface area is 173 Å². The van der Waals surface area contributed by atoms with Crippen LogP contribution in [-0.2, 0) is 17.9 Å². The van der Waals surface area contributed by atoms with Crippen molar-refractivity contribution in [1.29, 1.82) is 0 Å². The van der Waals surface area contributed by atoms with Crippen LogP contribution < -0.4 is 4.74 Å². The zero-order valence-electron chi connectivity index (χ0n) is 17.4. The van der Waals surface area contributed by atoms with Gasteiger partial charge in [-0.25, -0.2) is 4.39 Å². The van der Waals surface area contributed by atoms with Crippen molar-refractivity contribution in [3.63, 3.8) is 0 Å². The molecule has 0 radical (unpaired) electrons.